The Morgan fingerprint density at radius 2 is 2.00 bits per heavy atom. The van der Waals surface area contributed by atoms with E-state index < -0.39 is 17.5 Å². The van der Waals surface area contributed by atoms with E-state index in [0.29, 0.717) is 13.0 Å². The maximum atomic E-state index is 11.4. The summed E-state index contributed by atoms with van der Waals surface area (Å²) in [5.41, 5.74) is -0.660. The van der Waals surface area contributed by atoms with Crippen LogP contribution in [-0.4, -0.2) is 24.0 Å². The molecule has 0 radical (unpaired) electrons. The average molecular weight is 253 g/mol. The van der Waals surface area contributed by atoms with Crippen LogP contribution < -0.4 is 5.32 Å². The Kier molecular flexibility index (Phi) is 4.53. The van der Waals surface area contributed by atoms with Gasteiger partial charge in [0.25, 0.3) is 0 Å². The minimum absolute atomic E-state index is 0.338. The fourth-order valence-electron chi connectivity index (χ4n) is 1.32. The lowest BCUT2D eigenvalue weighted by atomic mass is 10.2. The number of ether oxygens (including phenoxy) is 1. The lowest BCUT2D eigenvalue weighted by Crippen LogP contribution is -2.37. The molecule has 1 rings (SSSR count). The Balaban J connectivity index is 2.31. The molecule has 0 aliphatic rings. The molecule has 5 nitrogen and oxygen atoms in total. The van der Waals surface area contributed by atoms with Gasteiger partial charge in [0.2, 0.25) is 0 Å². The number of nitrogens with one attached hydrogen (secondary N) is 1. The van der Waals surface area contributed by atoms with Gasteiger partial charge in [0.05, 0.1) is 0 Å². The van der Waals surface area contributed by atoms with Crippen molar-refractivity contribution < 1.29 is 18.7 Å². The third kappa shape index (κ3) is 5.03. The maximum Gasteiger partial charge on any atom is 0.397 e. The first kappa shape index (κ1) is 14.3. The Morgan fingerprint density at radius 3 is 2.50 bits per heavy atom. The summed E-state index contributed by atoms with van der Waals surface area (Å²) in [5, 5.41) is 2.49. The number of amides is 1. The molecule has 0 saturated carbocycles. The molecule has 100 valence electrons. The number of carbonyl (C=O) groups is 2. The van der Waals surface area contributed by atoms with Gasteiger partial charge in [0, 0.05) is 13.0 Å². The van der Waals surface area contributed by atoms with E-state index in [1.54, 1.807) is 20.8 Å². The summed E-state index contributed by atoms with van der Waals surface area (Å²) in [5.74, 6) is 0.00628. The molecule has 0 fully saturated rings. The van der Waals surface area contributed by atoms with E-state index in [1.165, 1.54) is 0 Å². The van der Waals surface area contributed by atoms with Crippen LogP contribution in [0.2, 0.25) is 0 Å². The standard InChI is InChI=1S/C13H19NO4/c1-9-5-6-10(17-9)7-8-14-11(15)12(16)18-13(2,3)4/h5-6H,7-8H2,1-4H3,(H,14,15). The molecular weight excluding hydrogens is 234 g/mol. The third-order valence-corrected chi connectivity index (χ3v) is 2.04. The minimum Gasteiger partial charge on any atom is -0.466 e. The number of furan rings is 1. The Labute approximate surface area is 106 Å². The van der Waals surface area contributed by atoms with E-state index >= 15 is 0 Å². The van der Waals surface area contributed by atoms with Crippen molar-refractivity contribution in [1.82, 2.24) is 5.32 Å². The van der Waals surface area contributed by atoms with Gasteiger partial charge in [-0.05, 0) is 39.8 Å². The van der Waals surface area contributed by atoms with Gasteiger partial charge >= 0.3 is 11.9 Å². The molecule has 18 heavy (non-hydrogen) atoms. The highest BCUT2D eigenvalue weighted by Crippen LogP contribution is 2.07. The zero-order chi connectivity index (χ0) is 13.8. The predicted molar refractivity (Wildman–Crippen MR) is 66.0 cm³/mol. The highest BCUT2D eigenvalue weighted by Gasteiger charge is 2.22. The summed E-state index contributed by atoms with van der Waals surface area (Å²) in [6.45, 7) is 7.32. The first-order chi connectivity index (χ1) is 8.28. The van der Waals surface area contributed by atoms with E-state index in [9.17, 15) is 9.59 Å². The van der Waals surface area contributed by atoms with Crippen molar-refractivity contribution in [3.8, 4) is 0 Å². The first-order valence-corrected chi connectivity index (χ1v) is 5.84. The molecular formula is C13H19NO4. The Bertz CT molecular complexity index is 428. The quantitative estimate of drug-likeness (QED) is 0.656. The van der Waals surface area contributed by atoms with E-state index in [2.05, 4.69) is 5.32 Å². The number of esters is 1. The second-order valence-electron chi connectivity index (χ2n) is 5.02. The maximum absolute atomic E-state index is 11.4. The van der Waals surface area contributed by atoms with Crippen LogP contribution in [0, 0.1) is 6.92 Å². The SMILES string of the molecule is Cc1ccc(CCNC(=O)C(=O)OC(C)(C)C)o1. The van der Waals surface area contributed by atoms with Crippen molar-refractivity contribution in [2.75, 3.05) is 6.54 Å². The summed E-state index contributed by atoms with van der Waals surface area (Å²) in [7, 11) is 0. The summed E-state index contributed by atoms with van der Waals surface area (Å²) in [6.07, 6.45) is 0.544. The highest BCUT2D eigenvalue weighted by atomic mass is 16.6. The molecule has 0 bridgehead atoms. The fraction of sp³-hybridized carbons (Fsp3) is 0.538. The van der Waals surface area contributed by atoms with Gasteiger partial charge in [-0.3, -0.25) is 4.79 Å². The largest absolute Gasteiger partial charge is 0.466 e. The lowest BCUT2D eigenvalue weighted by Gasteiger charge is -2.18. The van der Waals surface area contributed by atoms with Crippen LogP contribution in [0.25, 0.3) is 0 Å². The fourth-order valence-corrected chi connectivity index (χ4v) is 1.32. The van der Waals surface area contributed by atoms with Gasteiger partial charge in [-0.1, -0.05) is 0 Å². The van der Waals surface area contributed by atoms with Crippen LogP contribution in [0.15, 0.2) is 16.5 Å². The average Bonchev–Trinajstić information content (AvgIpc) is 2.61. The number of carbonyl (C=O) groups excluding carboxylic acids is 2. The molecule has 1 aromatic rings. The summed E-state index contributed by atoms with van der Waals surface area (Å²) in [4.78, 5) is 22.7. The number of hydrogen-bond donors (Lipinski definition) is 1. The van der Waals surface area contributed by atoms with E-state index in [0.717, 1.165) is 11.5 Å². The van der Waals surface area contributed by atoms with Crippen molar-refractivity contribution in [2.45, 2.75) is 39.7 Å². The number of aryl methyl sites for hydroxylation is 1. The molecule has 1 heterocycles. The number of rotatable bonds is 3. The topological polar surface area (TPSA) is 68.5 Å². The molecule has 1 aromatic heterocycles. The van der Waals surface area contributed by atoms with Gasteiger partial charge in [0.15, 0.2) is 0 Å². The summed E-state index contributed by atoms with van der Waals surface area (Å²) in [6, 6.07) is 3.69. The van der Waals surface area contributed by atoms with E-state index in [-0.39, 0.29) is 0 Å². The molecule has 0 aliphatic carbocycles. The monoisotopic (exact) mass is 253 g/mol. The molecule has 0 spiro atoms. The van der Waals surface area contributed by atoms with Gasteiger partial charge in [0.1, 0.15) is 17.1 Å². The van der Waals surface area contributed by atoms with Crippen LogP contribution in [0.3, 0.4) is 0 Å². The van der Waals surface area contributed by atoms with Crippen molar-refractivity contribution >= 4 is 11.9 Å². The van der Waals surface area contributed by atoms with Crippen LogP contribution in [0.4, 0.5) is 0 Å². The zero-order valence-electron chi connectivity index (χ0n) is 11.2. The molecule has 1 amide bonds. The van der Waals surface area contributed by atoms with Crippen LogP contribution in [0.5, 0.6) is 0 Å². The Hall–Kier alpha value is -1.78. The smallest absolute Gasteiger partial charge is 0.397 e. The normalized spacial score (nSPS) is 11.1. The molecule has 0 saturated heterocycles. The molecule has 5 heteroatoms. The molecule has 0 unspecified atom stereocenters. The Morgan fingerprint density at radius 1 is 1.33 bits per heavy atom. The van der Waals surface area contributed by atoms with Gasteiger partial charge in [-0.2, -0.15) is 0 Å². The predicted octanol–water partition coefficient (Wildman–Crippen LogP) is 1.59. The summed E-state index contributed by atoms with van der Waals surface area (Å²) < 4.78 is 10.3. The van der Waals surface area contributed by atoms with Crippen molar-refractivity contribution in [2.24, 2.45) is 0 Å². The van der Waals surface area contributed by atoms with Gasteiger partial charge in [-0.15, -0.1) is 0 Å². The lowest BCUT2D eigenvalue weighted by molar-refractivity contribution is -0.163. The molecule has 0 aromatic carbocycles. The highest BCUT2D eigenvalue weighted by molar-refractivity contribution is 6.32. The molecule has 0 aliphatic heterocycles. The minimum atomic E-state index is -0.863. The van der Waals surface area contributed by atoms with E-state index in [1.807, 2.05) is 19.1 Å². The van der Waals surface area contributed by atoms with Crippen molar-refractivity contribution in [3.05, 3.63) is 23.7 Å². The van der Waals surface area contributed by atoms with Crippen molar-refractivity contribution in [3.63, 3.8) is 0 Å². The first-order valence-electron chi connectivity index (χ1n) is 5.84. The number of hydrogen-bond acceptors (Lipinski definition) is 4. The second kappa shape index (κ2) is 5.71. The van der Waals surface area contributed by atoms with Crippen LogP contribution in [-0.2, 0) is 20.7 Å². The molecule has 0 atom stereocenters. The van der Waals surface area contributed by atoms with Crippen molar-refractivity contribution in [1.29, 1.82) is 0 Å². The van der Waals surface area contributed by atoms with Crippen LogP contribution in [0.1, 0.15) is 32.3 Å². The van der Waals surface area contributed by atoms with E-state index in [4.69, 9.17) is 9.15 Å². The third-order valence-electron chi connectivity index (χ3n) is 2.04. The summed E-state index contributed by atoms with van der Waals surface area (Å²) >= 11 is 0. The second-order valence-corrected chi connectivity index (χ2v) is 5.02. The zero-order valence-corrected chi connectivity index (χ0v) is 11.2. The van der Waals surface area contributed by atoms with Gasteiger partial charge in [-0.25, -0.2) is 4.79 Å². The molecule has 1 N–H and O–H groups in total. The van der Waals surface area contributed by atoms with Crippen LogP contribution >= 0.6 is 0 Å². The van der Waals surface area contributed by atoms with Gasteiger partial charge < -0.3 is 14.5 Å².